The molecule has 0 spiro atoms. The van der Waals surface area contributed by atoms with Gasteiger partial charge in [0.05, 0.1) is 0 Å². The molecule has 5 heteroatoms. The summed E-state index contributed by atoms with van der Waals surface area (Å²) in [7, 11) is 3.28. The Kier molecular flexibility index (Phi) is 5.02. The van der Waals surface area contributed by atoms with Crippen LogP contribution in [-0.4, -0.2) is 26.8 Å². The molecule has 102 valence electrons. The van der Waals surface area contributed by atoms with Crippen LogP contribution in [0.1, 0.15) is 24.9 Å². The standard InChI is InChI=1S/C13H19F3N2/c1-4-11(17-2)10-7-5-6-8-12(10)18(3)9-13(14,15)16/h5-8,11,17H,4,9H2,1-3H3. The molecule has 0 saturated heterocycles. The van der Waals surface area contributed by atoms with Gasteiger partial charge in [-0.15, -0.1) is 0 Å². The summed E-state index contributed by atoms with van der Waals surface area (Å²) in [5.74, 6) is 0. The smallest absolute Gasteiger partial charge is 0.365 e. The van der Waals surface area contributed by atoms with E-state index in [1.807, 2.05) is 26.1 Å². The third-order valence-corrected chi connectivity index (χ3v) is 2.90. The second kappa shape index (κ2) is 6.09. The maximum absolute atomic E-state index is 12.4. The van der Waals surface area contributed by atoms with Crippen molar-refractivity contribution in [3.63, 3.8) is 0 Å². The molecule has 1 aromatic rings. The molecule has 0 aliphatic rings. The maximum atomic E-state index is 12.4. The third kappa shape index (κ3) is 3.91. The normalized spacial score (nSPS) is 13.4. The van der Waals surface area contributed by atoms with Crippen LogP contribution in [0.4, 0.5) is 18.9 Å². The summed E-state index contributed by atoms with van der Waals surface area (Å²) < 4.78 is 37.3. The van der Waals surface area contributed by atoms with E-state index in [0.29, 0.717) is 5.69 Å². The van der Waals surface area contributed by atoms with Gasteiger partial charge in [-0.25, -0.2) is 0 Å². The van der Waals surface area contributed by atoms with Gasteiger partial charge in [-0.2, -0.15) is 13.2 Å². The second-order valence-electron chi connectivity index (χ2n) is 4.28. The molecule has 0 aliphatic heterocycles. The minimum absolute atomic E-state index is 0.0666. The number of halogens is 3. The highest BCUT2D eigenvalue weighted by atomic mass is 19.4. The molecule has 2 nitrogen and oxygen atoms in total. The predicted octanol–water partition coefficient (Wildman–Crippen LogP) is 3.36. The molecule has 0 saturated carbocycles. The summed E-state index contributed by atoms with van der Waals surface area (Å²) in [5.41, 5.74) is 1.52. The van der Waals surface area contributed by atoms with Gasteiger partial charge in [0.25, 0.3) is 0 Å². The zero-order valence-corrected chi connectivity index (χ0v) is 10.9. The summed E-state index contributed by atoms with van der Waals surface area (Å²) >= 11 is 0. The van der Waals surface area contributed by atoms with Crippen molar-refractivity contribution in [1.29, 1.82) is 0 Å². The fraction of sp³-hybridized carbons (Fsp3) is 0.538. The van der Waals surface area contributed by atoms with E-state index in [4.69, 9.17) is 0 Å². The van der Waals surface area contributed by atoms with E-state index in [0.717, 1.165) is 12.0 Å². The van der Waals surface area contributed by atoms with E-state index in [1.165, 1.54) is 11.9 Å². The van der Waals surface area contributed by atoms with Crippen LogP contribution in [-0.2, 0) is 0 Å². The Balaban J connectivity index is 3.01. The molecule has 1 aromatic carbocycles. The van der Waals surface area contributed by atoms with Crippen LogP contribution in [0.2, 0.25) is 0 Å². The van der Waals surface area contributed by atoms with E-state index >= 15 is 0 Å². The van der Waals surface area contributed by atoms with Gasteiger partial charge in [0.15, 0.2) is 0 Å². The predicted molar refractivity (Wildman–Crippen MR) is 67.9 cm³/mol. The van der Waals surface area contributed by atoms with Crippen molar-refractivity contribution in [1.82, 2.24) is 5.32 Å². The molecule has 1 N–H and O–H groups in total. The monoisotopic (exact) mass is 260 g/mol. The van der Waals surface area contributed by atoms with Crippen molar-refractivity contribution in [2.45, 2.75) is 25.6 Å². The quantitative estimate of drug-likeness (QED) is 0.873. The Morgan fingerprint density at radius 2 is 1.89 bits per heavy atom. The number of nitrogens with one attached hydrogen (secondary N) is 1. The third-order valence-electron chi connectivity index (χ3n) is 2.90. The van der Waals surface area contributed by atoms with Crippen LogP contribution in [0.15, 0.2) is 24.3 Å². The summed E-state index contributed by atoms with van der Waals surface area (Å²) in [6.07, 6.45) is -3.36. The average molecular weight is 260 g/mol. The summed E-state index contributed by atoms with van der Waals surface area (Å²) in [6.45, 7) is 1.06. The molecule has 0 aliphatic carbocycles. The van der Waals surface area contributed by atoms with E-state index < -0.39 is 12.7 Å². The van der Waals surface area contributed by atoms with Gasteiger partial charge in [-0.1, -0.05) is 25.1 Å². The number of alkyl halides is 3. The minimum Gasteiger partial charge on any atom is -0.365 e. The van der Waals surface area contributed by atoms with Gasteiger partial charge in [0, 0.05) is 18.8 Å². The van der Waals surface area contributed by atoms with Gasteiger partial charge in [-0.05, 0) is 25.1 Å². The van der Waals surface area contributed by atoms with Crippen LogP contribution >= 0.6 is 0 Å². The summed E-state index contributed by atoms with van der Waals surface area (Å²) in [4.78, 5) is 1.25. The molecule has 0 heterocycles. The van der Waals surface area contributed by atoms with Crippen LogP contribution in [0.25, 0.3) is 0 Å². The van der Waals surface area contributed by atoms with Crippen LogP contribution in [0.3, 0.4) is 0 Å². The maximum Gasteiger partial charge on any atom is 0.405 e. The van der Waals surface area contributed by atoms with Crippen molar-refractivity contribution in [2.75, 3.05) is 25.5 Å². The lowest BCUT2D eigenvalue weighted by atomic mass is 10.0. The molecule has 0 bridgehead atoms. The van der Waals surface area contributed by atoms with Gasteiger partial charge in [0.2, 0.25) is 0 Å². The Hall–Kier alpha value is -1.23. The van der Waals surface area contributed by atoms with Crippen molar-refractivity contribution >= 4 is 5.69 Å². The minimum atomic E-state index is -4.19. The summed E-state index contributed by atoms with van der Waals surface area (Å²) in [5, 5.41) is 3.12. The Bertz CT molecular complexity index is 373. The molecule has 1 atom stereocenters. The SMILES string of the molecule is CCC(NC)c1ccccc1N(C)CC(F)(F)F. The Morgan fingerprint density at radius 1 is 1.28 bits per heavy atom. The molecular weight excluding hydrogens is 241 g/mol. The fourth-order valence-electron chi connectivity index (χ4n) is 2.06. The van der Waals surface area contributed by atoms with Crippen molar-refractivity contribution in [3.8, 4) is 0 Å². The van der Waals surface area contributed by atoms with E-state index in [-0.39, 0.29) is 6.04 Å². The lowest BCUT2D eigenvalue weighted by Crippen LogP contribution is -2.32. The molecule has 1 rings (SSSR count). The van der Waals surface area contributed by atoms with Crippen LogP contribution in [0, 0.1) is 0 Å². The lowest BCUT2D eigenvalue weighted by Gasteiger charge is -2.26. The van der Waals surface area contributed by atoms with Crippen LogP contribution in [0.5, 0.6) is 0 Å². The molecule has 0 amide bonds. The zero-order chi connectivity index (χ0) is 13.8. The fourth-order valence-corrected chi connectivity index (χ4v) is 2.06. The van der Waals surface area contributed by atoms with Crippen LogP contribution < -0.4 is 10.2 Å². The van der Waals surface area contributed by atoms with E-state index in [1.54, 1.807) is 12.1 Å². The number of hydrogen-bond acceptors (Lipinski definition) is 2. The van der Waals surface area contributed by atoms with Gasteiger partial charge >= 0.3 is 6.18 Å². The van der Waals surface area contributed by atoms with Crippen molar-refractivity contribution in [2.24, 2.45) is 0 Å². The first-order valence-electron chi connectivity index (χ1n) is 5.93. The number of benzene rings is 1. The first-order valence-corrected chi connectivity index (χ1v) is 5.93. The van der Waals surface area contributed by atoms with Gasteiger partial charge < -0.3 is 10.2 Å². The zero-order valence-electron chi connectivity index (χ0n) is 10.9. The molecule has 1 unspecified atom stereocenters. The van der Waals surface area contributed by atoms with Gasteiger partial charge in [-0.3, -0.25) is 0 Å². The largest absolute Gasteiger partial charge is 0.405 e. The number of para-hydroxylation sites is 1. The molecular formula is C13H19F3N2. The van der Waals surface area contributed by atoms with E-state index in [9.17, 15) is 13.2 Å². The highest BCUT2D eigenvalue weighted by Gasteiger charge is 2.30. The Labute approximate surface area is 106 Å². The highest BCUT2D eigenvalue weighted by molar-refractivity contribution is 5.54. The average Bonchev–Trinajstić information content (AvgIpc) is 2.29. The van der Waals surface area contributed by atoms with Crippen molar-refractivity contribution < 1.29 is 13.2 Å². The van der Waals surface area contributed by atoms with Crippen molar-refractivity contribution in [3.05, 3.63) is 29.8 Å². The topological polar surface area (TPSA) is 15.3 Å². The second-order valence-corrected chi connectivity index (χ2v) is 4.28. The Morgan fingerprint density at radius 3 is 2.39 bits per heavy atom. The number of hydrogen-bond donors (Lipinski definition) is 1. The molecule has 0 radical (unpaired) electrons. The first-order chi connectivity index (χ1) is 8.39. The summed E-state index contributed by atoms with van der Waals surface area (Å²) in [6, 6.07) is 7.26. The first kappa shape index (κ1) is 14.8. The molecule has 0 aromatic heterocycles. The molecule has 18 heavy (non-hydrogen) atoms. The number of rotatable bonds is 5. The lowest BCUT2D eigenvalue weighted by molar-refractivity contribution is -0.119. The van der Waals surface area contributed by atoms with E-state index in [2.05, 4.69) is 5.32 Å². The molecule has 0 fully saturated rings. The number of anilines is 1. The van der Waals surface area contributed by atoms with Gasteiger partial charge in [0.1, 0.15) is 6.54 Å². The highest BCUT2D eigenvalue weighted by Crippen LogP contribution is 2.29. The number of nitrogens with zero attached hydrogens (tertiary/aromatic N) is 1.